The fourth-order valence-corrected chi connectivity index (χ4v) is 5.03. The summed E-state index contributed by atoms with van der Waals surface area (Å²) in [4.78, 5) is 24.2. The van der Waals surface area contributed by atoms with Gasteiger partial charge in [-0.3, -0.25) is 4.79 Å². The summed E-state index contributed by atoms with van der Waals surface area (Å²) >= 11 is 0. The number of alkyl halides is 3. The summed E-state index contributed by atoms with van der Waals surface area (Å²) in [6, 6.07) is 11.1. The van der Waals surface area contributed by atoms with Gasteiger partial charge in [0.2, 0.25) is 0 Å². The van der Waals surface area contributed by atoms with E-state index in [2.05, 4.69) is 12.2 Å². The molecule has 0 aromatic heterocycles. The number of benzene rings is 2. The number of nitrogens with one attached hydrogen (secondary N) is 1. The summed E-state index contributed by atoms with van der Waals surface area (Å²) < 4.78 is 104. The number of unbranched alkanes of at least 4 members (excludes halogenated alkanes) is 3. The third-order valence-electron chi connectivity index (χ3n) is 8.15. The molecule has 1 N–H and O–H groups in total. The molecule has 0 amide bonds. The second-order valence-electron chi connectivity index (χ2n) is 13.0. The molecule has 0 saturated carbocycles. The summed E-state index contributed by atoms with van der Waals surface area (Å²) in [5.74, 6) is -0.800. The van der Waals surface area contributed by atoms with E-state index >= 15 is 0 Å². The van der Waals surface area contributed by atoms with Crippen LogP contribution in [0, 0.1) is 0 Å². The van der Waals surface area contributed by atoms with Gasteiger partial charge in [0, 0.05) is 12.1 Å². The zero-order valence-corrected chi connectivity index (χ0v) is 35.6. The predicted octanol–water partition coefficient (Wildman–Crippen LogP) is 6.29. The Morgan fingerprint density at radius 2 is 0.902 bits per heavy atom. The highest BCUT2D eigenvalue weighted by atomic mass is 19.4. The summed E-state index contributed by atoms with van der Waals surface area (Å²) in [6.07, 6.45) is 0.207. The predicted molar refractivity (Wildman–Crippen MR) is 219 cm³/mol. The minimum atomic E-state index is -4.48. The van der Waals surface area contributed by atoms with Gasteiger partial charge in [-0.25, -0.2) is 4.79 Å². The van der Waals surface area contributed by atoms with Crippen molar-refractivity contribution in [3.8, 4) is 0 Å². The number of halogens is 3. The van der Waals surface area contributed by atoms with Crippen molar-refractivity contribution >= 4 is 23.3 Å². The number of para-hydroxylation sites is 1. The van der Waals surface area contributed by atoms with Gasteiger partial charge < -0.3 is 62.2 Å². The van der Waals surface area contributed by atoms with Crippen LogP contribution in [0.25, 0.3) is 0 Å². The number of hydrogen-bond acceptors (Lipinski definition) is 15. The molecule has 61 heavy (non-hydrogen) atoms. The zero-order chi connectivity index (χ0) is 43.9. The first-order chi connectivity index (χ1) is 29.8. The summed E-state index contributed by atoms with van der Waals surface area (Å²) in [7, 11) is 0. The Bertz CT molecular complexity index is 1370. The fraction of sp³-hybridized carbons (Fsp3) is 0.674. The fourth-order valence-electron chi connectivity index (χ4n) is 5.03. The molecule has 0 saturated heterocycles. The van der Waals surface area contributed by atoms with Crippen molar-refractivity contribution in [1.82, 2.24) is 0 Å². The van der Waals surface area contributed by atoms with E-state index in [1.807, 2.05) is 0 Å². The van der Waals surface area contributed by atoms with Crippen LogP contribution in [0.1, 0.15) is 54.9 Å². The minimum absolute atomic E-state index is 0.00720. The van der Waals surface area contributed by atoms with Crippen LogP contribution in [0.5, 0.6) is 0 Å². The highest BCUT2D eigenvalue weighted by Crippen LogP contribution is 2.32. The molecule has 0 aliphatic rings. The topological polar surface area (TPSA) is 157 Å². The quantitative estimate of drug-likeness (QED) is 0.0587. The average Bonchev–Trinajstić information content (AvgIpc) is 3.25. The number of carbonyl (C=O) groups is 2. The van der Waals surface area contributed by atoms with Crippen LogP contribution in [0.4, 0.5) is 24.5 Å². The maximum Gasteiger partial charge on any atom is 0.416 e. The number of esters is 2. The second-order valence-corrected chi connectivity index (χ2v) is 13.0. The van der Waals surface area contributed by atoms with Crippen LogP contribution in [-0.2, 0) is 67.8 Å². The van der Waals surface area contributed by atoms with Crippen molar-refractivity contribution in [3.05, 3.63) is 59.7 Å². The first-order valence-electron chi connectivity index (χ1n) is 20.9. The van der Waals surface area contributed by atoms with Gasteiger partial charge in [0.15, 0.2) is 0 Å². The SMILES string of the molecule is CCCCCCC(=O)OCCOCCOCCOCCOCCOCCOCCOCCOCCOCCOCCOC(=O)c1ccccc1Nc1cccc(C(F)(F)F)c1. The van der Waals surface area contributed by atoms with Gasteiger partial charge in [-0.05, 0) is 36.8 Å². The Labute approximate surface area is 358 Å². The molecule has 0 spiro atoms. The van der Waals surface area contributed by atoms with E-state index in [0.29, 0.717) is 138 Å². The van der Waals surface area contributed by atoms with Crippen molar-refractivity contribution in [1.29, 1.82) is 0 Å². The Kier molecular flexibility index (Phi) is 32.7. The van der Waals surface area contributed by atoms with Gasteiger partial charge in [-0.15, -0.1) is 0 Å². The highest BCUT2D eigenvalue weighted by Gasteiger charge is 2.30. The van der Waals surface area contributed by atoms with Crippen molar-refractivity contribution in [2.24, 2.45) is 0 Å². The Hall–Kier alpha value is -3.43. The summed E-state index contributed by atoms with van der Waals surface area (Å²) in [5.41, 5.74) is -0.105. The monoisotopic (exact) mass is 877 g/mol. The van der Waals surface area contributed by atoms with Crippen LogP contribution < -0.4 is 5.32 Å². The molecule has 15 nitrogen and oxygen atoms in total. The van der Waals surface area contributed by atoms with E-state index in [4.69, 9.17) is 56.8 Å². The molecule has 18 heteroatoms. The van der Waals surface area contributed by atoms with Gasteiger partial charge in [0.05, 0.1) is 149 Å². The normalized spacial score (nSPS) is 11.5. The Morgan fingerprint density at radius 1 is 0.492 bits per heavy atom. The Morgan fingerprint density at radius 3 is 1.33 bits per heavy atom. The molecule has 0 fully saturated rings. The molecule has 0 atom stereocenters. The van der Waals surface area contributed by atoms with Crippen LogP contribution >= 0.6 is 0 Å². The van der Waals surface area contributed by atoms with E-state index < -0.39 is 17.7 Å². The molecule has 0 aliphatic heterocycles. The largest absolute Gasteiger partial charge is 0.463 e. The van der Waals surface area contributed by atoms with E-state index in [1.54, 1.807) is 18.2 Å². The first-order valence-corrected chi connectivity index (χ1v) is 20.9. The van der Waals surface area contributed by atoms with E-state index in [1.165, 1.54) is 18.2 Å². The molecule has 0 unspecified atom stereocenters. The first kappa shape index (κ1) is 53.7. The van der Waals surface area contributed by atoms with Gasteiger partial charge in [0.1, 0.15) is 13.2 Å². The van der Waals surface area contributed by atoms with E-state index in [9.17, 15) is 22.8 Å². The van der Waals surface area contributed by atoms with Gasteiger partial charge in [-0.1, -0.05) is 44.4 Å². The number of anilines is 2. The number of ether oxygens (including phenoxy) is 12. The van der Waals surface area contributed by atoms with E-state index in [0.717, 1.165) is 37.8 Å². The summed E-state index contributed by atoms with van der Waals surface area (Å²) in [6.45, 7) is 10.6. The van der Waals surface area contributed by atoms with E-state index in [-0.39, 0.29) is 37.0 Å². The maximum absolute atomic E-state index is 13.1. The average molecular weight is 878 g/mol. The molecule has 348 valence electrons. The number of carbonyl (C=O) groups excluding carboxylic acids is 2. The molecule has 0 heterocycles. The Balaban J connectivity index is 1.25. The summed E-state index contributed by atoms with van der Waals surface area (Å²) in [5, 5.41) is 2.86. The maximum atomic E-state index is 13.1. The molecule has 0 aliphatic carbocycles. The molecule has 0 bridgehead atoms. The third-order valence-corrected chi connectivity index (χ3v) is 8.15. The molecular formula is C43H66F3NO14. The number of hydrogen-bond donors (Lipinski definition) is 1. The van der Waals surface area contributed by atoms with Crippen LogP contribution in [0.15, 0.2) is 48.5 Å². The van der Waals surface area contributed by atoms with Crippen LogP contribution in [0.3, 0.4) is 0 Å². The third kappa shape index (κ3) is 30.3. The lowest BCUT2D eigenvalue weighted by molar-refractivity contribution is -0.145. The van der Waals surface area contributed by atoms with Crippen molar-refractivity contribution in [2.75, 3.05) is 151 Å². The van der Waals surface area contributed by atoms with Gasteiger partial charge >= 0.3 is 18.1 Å². The van der Waals surface area contributed by atoms with Crippen LogP contribution in [0.2, 0.25) is 0 Å². The molecule has 2 rings (SSSR count). The smallest absolute Gasteiger partial charge is 0.416 e. The van der Waals surface area contributed by atoms with Crippen LogP contribution in [-0.4, -0.2) is 157 Å². The lowest BCUT2D eigenvalue weighted by atomic mass is 10.1. The standard InChI is InChI=1S/C43H66F3NO14/c1-2-3-4-5-13-41(48)60-34-32-58-30-28-56-26-24-54-22-20-52-18-16-50-14-15-51-17-19-53-21-23-55-25-27-57-29-31-59-33-35-61-42(49)39-11-6-7-12-40(39)47-38-10-8-9-37(36-38)43(44,45)46/h6-12,36,47H,2-5,13-35H2,1H3. The highest BCUT2D eigenvalue weighted by molar-refractivity contribution is 5.96. The van der Waals surface area contributed by atoms with Gasteiger partial charge in [-0.2, -0.15) is 13.2 Å². The lowest BCUT2D eigenvalue weighted by Crippen LogP contribution is -2.16. The van der Waals surface area contributed by atoms with Crippen molar-refractivity contribution in [3.63, 3.8) is 0 Å². The van der Waals surface area contributed by atoms with Gasteiger partial charge in [0.25, 0.3) is 0 Å². The molecule has 2 aromatic carbocycles. The second kappa shape index (κ2) is 37.2. The molecule has 0 radical (unpaired) electrons. The zero-order valence-electron chi connectivity index (χ0n) is 35.6. The van der Waals surface area contributed by atoms with Crippen molar-refractivity contribution < 1.29 is 79.6 Å². The molecular weight excluding hydrogens is 811 g/mol. The number of rotatable bonds is 41. The minimum Gasteiger partial charge on any atom is -0.463 e. The lowest BCUT2D eigenvalue weighted by Gasteiger charge is -2.13. The van der Waals surface area contributed by atoms with Crippen molar-refractivity contribution in [2.45, 2.75) is 45.2 Å². The molecule has 2 aromatic rings.